The van der Waals surface area contributed by atoms with E-state index in [9.17, 15) is 19.5 Å². The first-order valence-electron chi connectivity index (χ1n) is 12.1. The SMILES string of the molecule is CCC(C)C(C)C(C)CC(=O)NCCCCC(C)C(O)C(C)C(=O)/C=C(/C)CC(C)=O. The maximum Gasteiger partial charge on any atom is 0.220 e. The Kier molecular flexibility index (Phi) is 14.6. The van der Waals surface area contributed by atoms with Crippen molar-refractivity contribution in [1.29, 1.82) is 0 Å². The van der Waals surface area contributed by atoms with Gasteiger partial charge in [-0.05, 0) is 56.4 Å². The summed E-state index contributed by atoms with van der Waals surface area (Å²) in [6.45, 7) is 16.4. The van der Waals surface area contributed by atoms with E-state index in [1.807, 2.05) is 6.92 Å². The van der Waals surface area contributed by atoms with E-state index in [1.165, 1.54) is 13.0 Å². The van der Waals surface area contributed by atoms with Crippen LogP contribution in [0, 0.1) is 29.6 Å². The molecule has 0 saturated carbocycles. The molecule has 5 nitrogen and oxygen atoms in total. The molecule has 0 aromatic carbocycles. The van der Waals surface area contributed by atoms with Crippen molar-refractivity contribution in [3.63, 3.8) is 0 Å². The van der Waals surface area contributed by atoms with Crippen LogP contribution in [-0.4, -0.2) is 35.2 Å². The summed E-state index contributed by atoms with van der Waals surface area (Å²) in [6, 6.07) is 0. The Bertz CT molecular complexity index is 598. The van der Waals surface area contributed by atoms with Crippen molar-refractivity contribution in [2.45, 2.75) is 100 Å². The summed E-state index contributed by atoms with van der Waals surface area (Å²) >= 11 is 0. The van der Waals surface area contributed by atoms with Crippen molar-refractivity contribution in [2.75, 3.05) is 6.54 Å². The standard InChI is InChI=1S/C26H47NO4/c1-9-18(3)22(7)20(5)16-25(30)27-13-11-10-12-19(4)26(31)23(8)24(29)15-17(2)14-21(6)28/h15,18-20,22-23,26,31H,9-14,16H2,1-8H3,(H,27,30)/b17-15-. The van der Waals surface area contributed by atoms with Gasteiger partial charge in [-0.1, -0.05) is 60.0 Å². The molecule has 0 fully saturated rings. The van der Waals surface area contributed by atoms with Gasteiger partial charge < -0.3 is 10.4 Å². The van der Waals surface area contributed by atoms with E-state index >= 15 is 0 Å². The van der Waals surface area contributed by atoms with Gasteiger partial charge in [0.25, 0.3) is 0 Å². The number of aliphatic hydroxyl groups is 1. The number of hydrogen-bond acceptors (Lipinski definition) is 4. The van der Waals surface area contributed by atoms with Gasteiger partial charge in [-0.2, -0.15) is 0 Å². The molecule has 0 bridgehead atoms. The Morgan fingerprint density at radius 2 is 1.55 bits per heavy atom. The van der Waals surface area contributed by atoms with Crippen molar-refractivity contribution in [3.05, 3.63) is 11.6 Å². The van der Waals surface area contributed by atoms with Crippen LogP contribution in [0.25, 0.3) is 0 Å². The summed E-state index contributed by atoms with van der Waals surface area (Å²) < 4.78 is 0. The van der Waals surface area contributed by atoms with Gasteiger partial charge in [-0.3, -0.25) is 14.4 Å². The topological polar surface area (TPSA) is 83.5 Å². The maximum absolute atomic E-state index is 12.3. The van der Waals surface area contributed by atoms with Crippen LogP contribution in [0.3, 0.4) is 0 Å². The minimum Gasteiger partial charge on any atom is -0.392 e. The Balaban J connectivity index is 4.24. The molecule has 0 saturated heterocycles. The summed E-state index contributed by atoms with van der Waals surface area (Å²) in [5, 5.41) is 13.5. The van der Waals surface area contributed by atoms with Crippen LogP contribution >= 0.6 is 0 Å². The minimum atomic E-state index is -0.716. The number of Topliss-reactive ketones (excluding diaryl/α,β-unsaturated/α-hetero) is 1. The van der Waals surface area contributed by atoms with Crippen LogP contribution < -0.4 is 5.32 Å². The second kappa shape index (κ2) is 15.3. The lowest BCUT2D eigenvalue weighted by molar-refractivity contribution is -0.123. The second-order valence-electron chi connectivity index (χ2n) is 9.80. The highest BCUT2D eigenvalue weighted by Gasteiger charge is 2.25. The van der Waals surface area contributed by atoms with E-state index in [0.717, 1.165) is 31.3 Å². The number of unbranched alkanes of at least 4 members (excludes halogenated alkanes) is 1. The molecule has 0 aromatic rings. The Morgan fingerprint density at radius 1 is 0.935 bits per heavy atom. The van der Waals surface area contributed by atoms with Crippen molar-refractivity contribution < 1.29 is 19.5 Å². The van der Waals surface area contributed by atoms with E-state index in [0.29, 0.717) is 30.7 Å². The van der Waals surface area contributed by atoms with Gasteiger partial charge in [-0.15, -0.1) is 0 Å². The van der Waals surface area contributed by atoms with Gasteiger partial charge in [0, 0.05) is 25.3 Å². The average molecular weight is 438 g/mol. The highest BCUT2D eigenvalue weighted by atomic mass is 16.3. The van der Waals surface area contributed by atoms with Crippen LogP contribution in [-0.2, 0) is 14.4 Å². The molecule has 6 unspecified atom stereocenters. The van der Waals surface area contributed by atoms with E-state index in [2.05, 4.69) is 33.0 Å². The molecular weight excluding hydrogens is 390 g/mol. The predicted octanol–water partition coefficient (Wildman–Crippen LogP) is 5.11. The number of aliphatic hydroxyl groups excluding tert-OH is 1. The van der Waals surface area contributed by atoms with Crippen LogP contribution in [0.4, 0.5) is 0 Å². The van der Waals surface area contributed by atoms with E-state index in [-0.39, 0.29) is 29.8 Å². The van der Waals surface area contributed by atoms with E-state index < -0.39 is 12.0 Å². The molecule has 31 heavy (non-hydrogen) atoms. The van der Waals surface area contributed by atoms with Gasteiger partial charge in [-0.25, -0.2) is 0 Å². The molecule has 0 aromatic heterocycles. The summed E-state index contributed by atoms with van der Waals surface area (Å²) in [5.41, 5.74) is 0.729. The number of amides is 1. The number of carbonyl (C=O) groups is 3. The largest absolute Gasteiger partial charge is 0.392 e. The zero-order valence-corrected chi connectivity index (χ0v) is 21.2. The Morgan fingerprint density at radius 3 is 2.10 bits per heavy atom. The zero-order valence-electron chi connectivity index (χ0n) is 21.2. The lowest BCUT2D eigenvalue weighted by Crippen LogP contribution is -2.31. The van der Waals surface area contributed by atoms with Gasteiger partial charge in [0.2, 0.25) is 5.91 Å². The first-order valence-corrected chi connectivity index (χ1v) is 12.1. The third-order valence-corrected chi connectivity index (χ3v) is 6.82. The number of allylic oxidation sites excluding steroid dienone is 2. The number of carbonyl (C=O) groups excluding carboxylic acids is 3. The molecule has 0 spiro atoms. The fraction of sp³-hybridized carbons (Fsp3) is 0.808. The Hall–Kier alpha value is -1.49. The van der Waals surface area contributed by atoms with E-state index in [1.54, 1.807) is 13.8 Å². The van der Waals surface area contributed by atoms with Crippen molar-refractivity contribution in [3.8, 4) is 0 Å². The third-order valence-electron chi connectivity index (χ3n) is 6.82. The number of nitrogens with one attached hydrogen (secondary N) is 1. The first kappa shape index (κ1) is 29.5. The lowest BCUT2D eigenvalue weighted by atomic mass is 9.82. The number of ketones is 2. The molecule has 180 valence electrons. The molecular formula is C26H47NO4. The monoisotopic (exact) mass is 437 g/mol. The second-order valence-corrected chi connectivity index (χ2v) is 9.80. The summed E-state index contributed by atoms with van der Waals surface area (Å²) in [5.74, 6) is 1.03. The lowest BCUT2D eigenvalue weighted by Gasteiger charge is -2.25. The van der Waals surface area contributed by atoms with Crippen LogP contribution in [0.1, 0.15) is 93.9 Å². The van der Waals surface area contributed by atoms with Crippen LogP contribution in [0.2, 0.25) is 0 Å². The average Bonchev–Trinajstić information content (AvgIpc) is 2.69. The van der Waals surface area contributed by atoms with Crippen molar-refractivity contribution in [2.24, 2.45) is 29.6 Å². The van der Waals surface area contributed by atoms with Gasteiger partial charge in [0.15, 0.2) is 5.78 Å². The smallest absolute Gasteiger partial charge is 0.220 e. The fourth-order valence-corrected chi connectivity index (χ4v) is 3.95. The molecule has 1 amide bonds. The highest BCUT2D eigenvalue weighted by Crippen LogP contribution is 2.25. The minimum absolute atomic E-state index is 0.00688. The molecule has 2 N–H and O–H groups in total. The Labute approximate surface area is 190 Å². The third kappa shape index (κ3) is 12.2. The molecule has 5 heteroatoms. The molecule has 0 aliphatic heterocycles. The van der Waals surface area contributed by atoms with Crippen molar-refractivity contribution in [1.82, 2.24) is 5.32 Å². The van der Waals surface area contributed by atoms with E-state index in [4.69, 9.17) is 0 Å². The summed E-state index contributed by atoms with van der Waals surface area (Å²) in [6.07, 6.45) is 5.28. The summed E-state index contributed by atoms with van der Waals surface area (Å²) in [7, 11) is 0. The molecule has 0 rings (SSSR count). The van der Waals surface area contributed by atoms with Crippen molar-refractivity contribution >= 4 is 17.5 Å². The molecule has 0 radical (unpaired) electrons. The summed E-state index contributed by atoms with van der Waals surface area (Å²) in [4.78, 5) is 35.7. The van der Waals surface area contributed by atoms with Gasteiger partial charge in [0.05, 0.1) is 6.10 Å². The fourth-order valence-electron chi connectivity index (χ4n) is 3.95. The number of rotatable bonds is 16. The first-order chi connectivity index (χ1) is 14.4. The zero-order chi connectivity index (χ0) is 24.1. The highest BCUT2D eigenvalue weighted by molar-refractivity contribution is 5.93. The molecule has 0 aliphatic rings. The van der Waals surface area contributed by atoms with Gasteiger partial charge >= 0.3 is 0 Å². The normalized spacial score (nSPS) is 17.9. The van der Waals surface area contributed by atoms with Gasteiger partial charge in [0.1, 0.15) is 5.78 Å². The van der Waals surface area contributed by atoms with Crippen LogP contribution in [0.15, 0.2) is 11.6 Å². The maximum atomic E-state index is 12.3. The molecule has 0 heterocycles. The number of hydrogen-bond donors (Lipinski definition) is 2. The van der Waals surface area contributed by atoms with Crippen LogP contribution in [0.5, 0.6) is 0 Å². The quantitative estimate of drug-likeness (QED) is 0.260. The predicted molar refractivity (Wildman–Crippen MR) is 128 cm³/mol. The molecule has 6 atom stereocenters. The molecule has 0 aliphatic carbocycles.